The molecule has 0 bridgehead atoms. The molecular formula is C10H12N2O7S. The van der Waals surface area contributed by atoms with Gasteiger partial charge in [0, 0.05) is 23.5 Å². The van der Waals surface area contributed by atoms with Crippen LogP contribution in [-0.2, 0) is 20.8 Å². The highest BCUT2D eigenvalue weighted by atomic mass is 32.1. The van der Waals surface area contributed by atoms with Gasteiger partial charge in [-0.05, 0) is 6.92 Å². The molecule has 2 N–H and O–H groups in total. The van der Waals surface area contributed by atoms with Crippen LogP contribution in [0.15, 0.2) is 17.7 Å². The summed E-state index contributed by atoms with van der Waals surface area (Å²) in [6.07, 6.45) is 1.67. The quantitative estimate of drug-likeness (QED) is 0.449. The maximum Gasteiger partial charge on any atom is 0.328 e. The fraction of sp³-hybridized carbons (Fsp3) is 0.300. The summed E-state index contributed by atoms with van der Waals surface area (Å²) in [4.78, 5) is 38.1. The summed E-state index contributed by atoms with van der Waals surface area (Å²) < 4.78 is 0. The first-order valence-electron chi connectivity index (χ1n) is 5.13. The summed E-state index contributed by atoms with van der Waals surface area (Å²) in [6, 6.07) is 0. The molecule has 110 valence electrons. The molecule has 0 amide bonds. The van der Waals surface area contributed by atoms with Gasteiger partial charge < -0.3 is 15.1 Å². The number of carbonyl (C=O) groups is 2. The Labute approximate surface area is 117 Å². The molecule has 0 spiro atoms. The van der Waals surface area contributed by atoms with Crippen molar-refractivity contribution in [3.63, 3.8) is 0 Å². The maximum atomic E-state index is 9.78. The van der Waals surface area contributed by atoms with E-state index in [1.165, 1.54) is 11.3 Å². The zero-order valence-electron chi connectivity index (χ0n) is 10.4. The molecule has 0 aliphatic carbocycles. The number of hydrogen-bond acceptors (Lipinski definition) is 7. The first-order valence-corrected chi connectivity index (χ1v) is 6.01. The molecule has 1 rings (SSSR count). The Bertz CT molecular complexity index is 482. The fourth-order valence-electron chi connectivity index (χ4n) is 0.922. The summed E-state index contributed by atoms with van der Waals surface area (Å²) in [5.74, 6) is -2.51. The second kappa shape index (κ2) is 9.44. The van der Waals surface area contributed by atoms with Crippen molar-refractivity contribution < 1.29 is 29.7 Å². The Morgan fingerprint density at radius 1 is 1.45 bits per heavy atom. The number of aryl methyl sites for hydroxylation is 1. The van der Waals surface area contributed by atoms with Crippen molar-refractivity contribution in [2.24, 2.45) is 0 Å². The van der Waals surface area contributed by atoms with E-state index in [0.29, 0.717) is 18.6 Å². The van der Waals surface area contributed by atoms with Crippen molar-refractivity contribution in [2.75, 3.05) is 6.61 Å². The Balaban J connectivity index is 0.000000396. The summed E-state index contributed by atoms with van der Waals surface area (Å²) >= 11 is 1.49. The highest BCUT2D eigenvalue weighted by Crippen LogP contribution is 2.12. The molecule has 0 aliphatic rings. The van der Waals surface area contributed by atoms with Crippen LogP contribution < -0.4 is 0 Å². The average molecular weight is 304 g/mol. The predicted octanol–water partition coefficient (Wildman–Crippen LogP) is 0.914. The van der Waals surface area contributed by atoms with Gasteiger partial charge >= 0.3 is 11.9 Å². The average Bonchev–Trinajstić information content (AvgIpc) is 2.73. The zero-order chi connectivity index (χ0) is 15.5. The van der Waals surface area contributed by atoms with E-state index in [4.69, 9.17) is 10.2 Å². The largest absolute Gasteiger partial charge is 0.478 e. The minimum Gasteiger partial charge on any atom is -0.478 e. The normalized spacial score (nSPS) is 9.65. The van der Waals surface area contributed by atoms with Crippen LogP contribution in [0.2, 0.25) is 0 Å². The first-order chi connectivity index (χ1) is 9.32. The molecule has 0 unspecified atom stereocenters. The van der Waals surface area contributed by atoms with E-state index in [0.717, 1.165) is 10.6 Å². The summed E-state index contributed by atoms with van der Waals surface area (Å²) in [7, 11) is 0. The molecule has 0 aliphatic heterocycles. The van der Waals surface area contributed by atoms with E-state index < -0.39 is 17.0 Å². The van der Waals surface area contributed by atoms with Gasteiger partial charge in [-0.1, -0.05) is 0 Å². The van der Waals surface area contributed by atoms with Crippen LogP contribution in [0.1, 0.15) is 10.6 Å². The van der Waals surface area contributed by atoms with Gasteiger partial charge in [0.15, 0.2) is 0 Å². The number of hydrogen-bond donors (Lipinski definition) is 2. The molecule has 9 nitrogen and oxygen atoms in total. The summed E-state index contributed by atoms with van der Waals surface area (Å²) in [6.45, 7) is 1.98. The number of rotatable bonds is 6. The van der Waals surface area contributed by atoms with E-state index in [1.807, 2.05) is 6.92 Å². The predicted molar refractivity (Wildman–Crippen MR) is 67.9 cm³/mol. The smallest absolute Gasteiger partial charge is 0.328 e. The fourth-order valence-corrected chi connectivity index (χ4v) is 1.68. The van der Waals surface area contributed by atoms with Crippen LogP contribution >= 0.6 is 11.3 Å². The van der Waals surface area contributed by atoms with Gasteiger partial charge in [-0.15, -0.1) is 21.5 Å². The monoisotopic (exact) mass is 304 g/mol. The van der Waals surface area contributed by atoms with Gasteiger partial charge in [-0.2, -0.15) is 0 Å². The van der Waals surface area contributed by atoms with Crippen LogP contribution in [0.5, 0.6) is 0 Å². The Morgan fingerprint density at radius 2 is 2.00 bits per heavy atom. The number of carboxylic acids is 2. The van der Waals surface area contributed by atoms with Gasteiger partial charge in [0.2, 0.25) is 0 Å². The van der Waals surface area contributed by atoms with Crippen LogP contribution in [0.3, 0.4) is 0 Å². The molecule has 0 atom stereocenters. The van der Waals surface area contributed by atoms with Crippen molar-refractivity contribution >= 4 is 23.3 Å². The maximum absolute atomic E-state index is 9.78. The van der Waals surface area contributed by atoms with E-state index in [2.05, 4.69) is 9.82 Å². The molecule has 1 heterocycles. The third-order valence-corrected chi connectivity index (χ3v) is 2.73. The highest BCUT2D eigenvalue weighted by Gasteiger charge is 2.02. The number of aliphatic carboxylic acids is 2. The molecule has 20 heavy (non-hydrogen) atoms. The van der Waals surface area contributed by atoms with E-state index >= 15 is 0 Å². The lowest BCUT2D eigenvalue weighted by atomic mass is 10.3. The number of thiazole rings is 1. The Morgan fingerprint density at radius 3 is 2.35 bits per heavy atom. The molecular weight excluding hydrogens is 292 g/mol. The summed E-state index contributed by atoms with van der Waals surface area (Å²) in [5.41, 5.74) is 2.64. The molecule has 0 radical (unpaired) electrons. The lowest BCUT2D eigenvalue weighted by Crippen LogP contribution is -2.04. The van der Waals surface area contributed by atoms with Gasteiger partial charge in [-0.3, -0.25) is 0 Å². The number of aromatic nitrogens is 1. The van der Waals surface area contributed by atoms with Crippen molar-refractivity contribution in [3.05, 3.63) is 38.3 Å². The zero-order valence-corrected chi connectivity index (χ0v) is 11.2. The van der Waals surface area contributed by atoms with E-state index in [-0.39, 0.29) is 6.61 Å². The van der Waals surface area contributed by atoms with Crippen LogP contribution in [0.25, 0.3) is 0 Å². The van der Waals surface area contributed by atoms with Crippen molar-refractivity contribution in [1.29, 1.82) is 0 Å². The first kappa shape index (κ1) is 17.5. The molecule has 0 saturated heterocycles. The molecule has 0 fully saturated rings. The number of nitrogens with zero attached hydrogens (tertiary/aromatic N) is 2. The lowest BCUT2D eigenvalue weighted by Gasteiger charge is -1.96. The van der Waals surface area contributed by atoms with Gasteiger partial charge in [0.05, 0.1) is 11.2 Å². The van der Waals surface area contributed by atoms with Crippen LogP contribution in [-0.4, -0.2) is 38.8 Å². The third-order valence-electron chi connectivity index (χ3n) is 1.74. The standard InChI is InChI=1S/C6H8N2O3S.C4H4O4/c1-5-6(12-4-7-5)2-3-11-8(9)10;5-3(6)1-2-4(7)8/h4H,2-3H2,1H3;1-2H,(H,5,6)(H,7,8)/b;2-1-. The molecule has 10 heteroatoms. The number of carboxylic acid groups (broad SMARTS) is 2. The molecule has 0 saturated carbocycles. The van der Waals surface area contributed by atoms with Gasteiger partial charge in [-0.25, -0.2) is 14.6 Å². The SMILES string of the molecule is Cc1ncsc1CCO[N+](=O)[O-].O=C(O)/C=C\C(=O)O. The van der Waals surface area contributed by atoms with Crippen molar-refractivity contribution in [3.8, 4) is 0 Å². The molecule has 0 aromatic carbocycles. The van der Waals surface area contributed by atoms with E-state index in [1.54, 1.807) is 5.51 Å². The lowest BCUT2D eigenvalue weighted by molar-refractivity contribution is -0.757. The molecule has 1 aromatic rings. The van der Waals surface area contributed by atoms with Gasteiger partial charge in [0.1, 0.15) is 6.61 Å². The van der Waals surface area contributed by atoms with Crippen LogP contribution in [0.4, 0.5) is 0 Å². The topological polar surface area (TPSA) is 140 Å². The highest BCUT2D eigenvalue weighted by molar-refractivity contribution is 7.09. The van der Waals surface area contributed by atoms with Gasteiger partial charge in [0.25, 0.3) is 5.09 Å². The molecule has 1 aromatic heterocycles. The Hall–Kier alpha value is -2.49. The minimum absolute atomic E-state index is 0.107. The summed E-state index contributed by atoms with van der Waals surface area (Å²) in [5, 5.41) is 24.6. The Kier molecular flexibility index (Phi) is 8.27. The second-order valence-corrected chi connectivity index (χ2v) is 4.12. The van der Waals surface area contributed by atoms with E-state index in [9.17, 15) is 19.7 Å². The van der Waals surface area contributed by atoms with Crippen molar-refractivity contribution in [2.45, 2.75) is 13.3 Å². The van der Waals surface area contributed by atoms with Crippen molar-refractivity contribution in [1.82, 2.24) is 4.98 Å². The minimum atomic E-state index is -1.26. The third kappa shape index (κ3) is 9.53. The second-order valence-electron chi connectivity index (χ2n) is 3.18. The van der Waals surface area contributed by atoms with Crippen LogP contribution in [0, 0.1) is 17.0 Å².